The van der Waals surface area contributed by atoms with Crippen molar-refractivity contribution < 1.29 is 38.4 Å². The summed E-state index contributed by atoms with van der Waals surface area (Å²) in [6, 6.07) is 32.4. The summed E-state index contributed by atoms with van der Waals surface area (Å²) < 4.78 is 24.4. The van der Waals surface area contributed by atoms with Crippen molar-refractivity contribution in [3.63, 3.8) is 0 Å². The number of ether oxygens (including phenoxy) is 4. The molecule has 3 heterocycles. The highest BCUT2D eigenvalue weighted by molar-refractivity contribution is 6.06. The number of hydrogen-bond donors (Lipinski definition) is 2. The first-order valence-corrected chi connectivity index (χ1v) is 19.0. The van der Waals surface area contributed by atoms with Gasteiger partial charge in [-0.15, -0.1) is 0 Å². The third-order valence-corrected chi connectivity index (χ3v) is 10.9. The fraction of sp³-hybridized carbons (Fsp3) is 0.386. The number of carbonyl (C=O) groups excluding carboxylic acids is 3. The number of likely N-dealkylation sites (tertiary alicyclic amines) is 2. The van der Waals surface area contributed by atoms with Crippen LogP contribution in [0.5, 0.6) is 0 Å². The van der Waals surface area contributed by atoms with E-state index in [1.165, 1.54) is 4.90 Å². The highest BCUT2D eigenvalue weighted by atomic mass is 16.7. The van der Waals surface area contributed by atoms with Gasteiger partial charge in [-0.05, 0) is 64.9 Å². The molecule has 55 heavy (non-hydrogen) atoms. The van der Waals surface area contributed by atoms with Crippen LogP contribution in [0.15, 0.2) is 103 Å². The molecule has 0 bridgehead atoms. The van der Waals surface area contributed by atoms with Gasteiger partial charge in [0.25, 0.3) is 5.91 Å². The second kappa shape index (κ2) is 17.7. The third-order valence-electron chi connectivity index (χ3n) is 10.9. The molecule has 0 saturated carbocycles. The molecule has 6 atom stereocenters. The molecule has 0 aliphatic carbocycles. The van der Waals surface area contributed by atoms with E-state index in [9.17, 15) is 19.5 Å². The summed E-state index contributed by atoms with van der Waals surface area (Å²) in [6.45, 7) is 4.76. The second-order valence-electron chi connectivity index (χ2n) is 14.7. The van der Waals surface area contributed by atoms with Gasteiger partial charge < -0.3 is 29.4 Å². The van der Waals surface area contributed by atoms with Crippen LogP contribution in [-0.2, 0) is 48.3 Å². The number of rotatable bonds is 13. The van der Waals surface area contributed by atoms with Crippen molar-refractivity contribution >= 4 is 17.9 Å². The Morgan fingerprint density at radius 1 is 0.873 bits per heavy atom. The van der Waals surface area contributed by atoms with E-state index in [1.807, 2.05) is 97.1 Å². The van der Waals surface area contributed by atoms with Crippen LogP contribution in [0.2, 0.25) is 0 Å². The summed E-state index contributed by atoms with van der Waals surface area (Å²) >= 11 is 0. The number of carbonyl (C=O) groups is 3. The maximum absolute atomic E-state index is 13.3. The van der Waals surface area contributed by atoms with Crippen LogP contribution in [0.3, 0.4) is 0 Å². The molecule has 0 radical (unpaired) electrons. The molecule has 1 unspecified atom stereocenters. The van der Waals surface area contributed by atoms with Gasteiger partial charge in [-0.25, -0.2) is 4.79 Å². The molecule has 3 aliphatic rings. The largest absolute Gasteiger partial charge is 0.445 e. The van der Waals surface area contributed by atoms with Crippen molar-refractivity contribution in [2.75, 3.05) is 26.8 Å². The predicted molar refractivity (Wildman–Crippen MR) is 205 cm³/mol. The molecule has 2 N–H and O–H groups in total. The van der Waals surface area contributed by atoms with E-state index in [0.717, 1.165) is 64.9 Å². The van der Waals surface area contributed by atoms with Crippen LogP contribution in [-0.4, -0.2) is 77.8 Å². The highest BCUT2D eigenvalue weighted by Crippen LogP contribution is 2.43. The van der Waals surface area contributed by atoms with Crippen molar-refractivity contribution in [2.45, 2.75) is 76.5 Å². The lowest BCUT2D eigenvalue weighted by molar-refractivity contribution is -0.276. The van der Waals surface area contributed by atoms with Gasteiger partial charge in [-0.3, -0.25) is 19.4 Å². The van der Waals surface area contributed by atoms with E-state index in [1.54, 1.807) is 7.11 Å². The summed E-state index contributed by atoms with van der Waals surface area (Å²) in [7, 11) is 1.75. The SMILES string of the molecule is COC[C@@H]1CCCN1C[C@@H]1O[C@H](c2cccc(-c3cccc(CN4C(=O)CC(NC(=O)OCc5ccccc5)C4=O)c3)c2)O[C@H](c2ccc(CO)cc2)[C@@H]1C. The molecule has 11 nitrogen and oxygen atoms in total. The lowest BCUT2D eigenvalue weighted by atomic mass is 9.89. The number of imide groups is 1. The number of methoxy groups -OCH3 is 1. The molecule has 4 aromatic rings. The van der Waals surface area contributed by atoms with Crippen molar-refractivity contribution in [1.82, 2.24) is 15.1 Å². The van der Waals surface area contributed by atoms with Gasteiger partial charge in [0.2, 0.25) is 5.91 Å². The van der Waals surface area contributed by atoms with Crippen molar-refractivity contribution in [2.24, 2.45) is 5.92 Å². The number of amides is 3. The predicted octanol–water partition coefficient (Wildman–Crippen LogP) is 6.30. The van der Waals surface area contributed by atoms with Crippen LogP contribution < -0.4 is 5.32 Å². The number of aliphatic hydroxyl groups is 1. The average molecular weight is 748 g/mol. The molecular weight excluding hydrogens is 698 g/mol. The number of benzene rings is 4. The minimum absolute atomic E-state index is 0.0199. The number of alkyl carbamates (subject to hydrolysis) is 1. The number of aliphatic hydroxyl groups excluding tert-OH is 1. The topological polar surface area (TPSA) is 127 Å². The molecule has 3 amide bonds. The maximum atomic E-state index is 13.3. The molecule has 0 aromatic heterocycles. The lowest BCUT2D eigenvalue weighted by Crippen LogP contribution is -2.46. The van der Waals surface area contributed by atoms with E-state index in [0.29, 0.717) is 12.6 Å². The Balaban J connectivity index is 1.05. The van der Waals surface area contributed by atoms with Gasteiger partial charge in [0.1, 0.15) is 12.6 Å². The zero-order valence-electron chi connectivity index (χ0n) is 31.3. The minimum atomic E-state index is -0.981. The highest BCUT2D eigenvalue weighted by Gasteiger charge is 2.41. The first-order valence-electron chi connectivity index (χ1n) is 19.0. The van der Waals surface area contributed by atoms with Crippen LogP contribution in [0.25, 0.3) is 11.1 Å². The minimum Gasteiger partial charge on any atom is -0.445 e. The zero-order chi connectivity index (χ0) is 38.3. The van der Waals surface area contributed by atoms with Gasteiger partial charge in [0, 0.05) is 31.2 Å². The Bertz CT molecular complexity index is 1940. The van der Waals surface area contributed by atoms with Crippen LogP contribution in [0.1, 0.15) is 66.4 Å². The maximum Gasteiger partial charge on any atom is 0.408 e. The monoisotopic (exact) mass is 747 g/mol. The normalized spacial score (nSPS) is 24.3. The zero-order valence-corrected chi connectivity index (χ0v) is 31.3. The lowest BCUT2D eigenvalue weighted by Gasteiger charge is -2.43. The Kier molecular flexibility index (Phi) is 12.3. The Labute approximate surface area is 322 Å². The average Bonchev–Trinajstić information content (AvgIpc) is 3.76. The van der Waals surface area contributed by atoms with Gasteiger partial charge in [0.05, 0.1) is 38.4 Å². The smallest absolute Gasteiger partial charge is 0.408 e. The Hall–Kier alpha value is -4.91. The van der Waals surface area contributed by atoms with Gasteiger partial charge in [0.15, 0.2) is 6.29 Å². The van der Waals surface area contributed by atoms with Crippen molar-refractivity contribution in [3.05, 3.63) is 131 Å². The van der Waals surface area contributed by atoms with Crippen LogP contribution in [0.4, 0.5) is 4.79 Å². The molecule has 4 aromatic carbocycles. The molecule has 7 rings (SSSR count). The third kappa shape index (κ3) is 9.15. The molecule has 3 fully saturated rings. The molecule has 0 spiro atoms. The van der Waals surface area contributed by atoms with E-state index >= 15 is 0 Å². The first-order chi connectivity index (χ1) is 26.8. The van der Waals surface area contributed by atoms with Crippen molar-refractivity contribution in [3.8, 4) is 11.1 Å². The van der Waals surface area contributed by atoms with E-state index in [2.05, 4.69) is 23.2 Å². The molecular formula is C44H49N3O8. The summed E-state index contributed by atoms with van der Waals surface area (Å²) in [4.78, 5) is 42.3. The molecule has 11 heteroatoms. The summed E-state index contributed by atoms with van der Waals surface area (Å²) in [5.74, 6) is -0.762. The standard InChI is InChI=1S/C44H49N3O8/c1-29-39(25-46-20-8-15-37(46)28-52-2)54-43(55-41(29)33-18-16-30(26-48)17-19-33)36-14-7-13-35(22-36)34-12-6-11-32(21-34)24-47-40(49)23-38(42(47)50)45-44(51)53-27-31-9-4-3-5-10-31/h3-7,9-14,16-19,21-22,29,37-39,41,43,48H,8,15,20,23-28H2,1-2H3,(H,45,51)/t29-,37+,38?,39+,41+,43+/m1/s1. The van der Waals surface area contributed by atoms with Gasteiger partial charge in [-0.2, -0.15) is 0 Å². The Morgan fingerprint density at radius 3 is 2.38 bits per heavy atom. The Morgan fingerprint density at radius 2 is 1.62 bits per heavy atom. The van der Waals surface area contributed by atoms with Gasteiger partial charge in [-0.1, -0.05) is 97.9 Å². The van der Waals surface area contributed by atoms with E-state index in [4.69, 9.17) is 18.9 Å². The van der Waals surface area contributed by atoms with Crippen molar-refractivity contribution in [1.29, 1.82) is 0 Å². The fourth-order valence-corrected chi connectivity index (χ4v) is 7.84. The summed E-state index contributed by atoms with van der Waals surface area (Å²) in [5.41, 5.74) is 6.20. The van der Waals surface area contributed by atoms with Crippen LogP contribution in [0, 0.1) is 5.92 Å². The summed E-state index contributed by atoms with van der Waals surface area (Å²) in [6.07, 6.45) is 0.394. The number of nitrogens with one attached hydrogen (secondary N) is 1. The van der Waals surface area contributed by atoms with Gasteiger partial charge >= 0.3 is 6.09 Å². The second-order valence-corrected chi connectivity index (χ2v) is 14.7. The van der Waals surface area contributed by atoms with E-state index < -0.39 is 24.3 Å². The summed E-state index contributed by atoms with van der Waals surface area (Å²) in [5, 5.41) is 12.2. The molecule has 3 saturated heterocycles. The molecule has 3 aliphatic heterocycles. The number of hydrogen-bond acceptors (Lipinski definition) is 9. The van der Waals surface area contributed by atoms with E-state index in [-0.39, 0.29) is 50.2 Å². The fourth-order valence-electron chi connectivity index (χ4n) is 7.84. The van der Waals surface area contributed by atoms with Crippen LogP contribution >= 0.6 is 0 Å². The first kappa shape index (κ1) is 38.4. The molecule has 288 valence electrons. The quantitative estimate of drug-likeness (QED) is 0.152. The number of nitrogens with zero attached hydrogens (tertiary/aromatic N) is 2.